The highest BCUT2D eigenvalue weighted by Gasteiger charge is 2.28. The maximum atomic E-state index is 11.3. The number of piperidine rings is 1. The fourth-order valence-corrected chi connectivity index (χ4v) is 1.46. The summed E-state index contributed by atoms with van der Waals surface area (Å²) in [6.45, 7) is 7.31. The van der Waals surface area contributed by atoms with Gasteiger partial charge < -0.3 is 16.4 Å². The molecule has 4 N–H and O–H groups in total. The van der Waals surface area contributed by atoms with E-state index in [1.807, 2.05) is 6.92 Å². The summed E-state index contributed by atoms with van der Waals surface area (Å²) in [6, 6.07) is 0. The van der Waals surface area contributed by atoms with Gasteiger partial charge in [-0.25, -0.2) is 0 Å². The first-order valence-electron chi connectivity index (χ1n) is 4.51. The molecule has 1 fully saturated rings. The number of hydrogen-bond acceptors (Lipinski definition) is 3. The molecular weight excluding hydrogens is 166 g/mol. The molecule has 0 radical (unpaired) electrons. The van der Waals surface area contributed by atoms with Crippen LogP contribution in [0.15, 0.2) is 12.3 Å². The number of nitrogens with two attached hydrogens (primary N) is 1. The smallest absolute Gasteiger partial charge is 0.266 e. The summed E-state index contributed by atoms with van der Waals surface area (Å²) in [5.41, 5.74) is 5.25. The van der Waals surface area contributed by atoms with Crippen LogP contribution in [-0.2, 0) is 4.79 Å². The molecule has 1 heterocycles. The molecule has 0 atom stereocenters. The van der Waals surface area contributed by atoms with Crippen molar-refractivity contribution in [3.05, 3.63) is 12.3 Å². The number of hydrogen-bond donors (Lipinski definition) is 3. The molecule has 1 aliphatic heterocycles. The van der Waals surface area contributed by atoms with Gasteiger partial charge in [0.25, 0.3) is 5.91 Å². The number of carbonyl (C=O) groups excluding carboxylic acids is 1. The maximum Gasteiger partial charge on any atom is 0.266 e. The molecule has 0 aromatic heterocycles. The van der Waals surface area contributed by atoms with Gasteiger partial charge in [-0.05, 0) is 32.9 Å². The molecule has 0 saturated carbocycles. The van der Waals surface area contributed by atoms with Crippen LogP contribution in [0.2, 0.25) is 0 Å². The number of rotatable bonds is 2. The van der Waals surface area contributed by atoms with Crippen molar-refractivity contribution >= 4 is 5.91 Å². The Balaban J connectivity index is 2.50. The average molecular weight is 183 g/mol. The Morgan fingerprint density at radius 3 is 2.54 bits per heavy atom. The number of nitrogens with one attached hydrogen (secondary N) is 2. The van der Waals surface area contributed by atoms with E-state index < -0.39 is 0 Å². The van der Waals surface area contributed by atoms with Gasteiger partial charge in [0.15, 0.2) is 0 Å². The minimum atomic E-state index is -0.246. The molecule has 4 nitrogen and oxygen atoms in total. The van der Waals surface area contributed by atoms with Crippen LogP contribution in [0.4, 0.5) is 0 Å². The van der Waals surface area contributed by atoms with Crippen LogP contribution in [0, 0.1) is 0 Å². The minimum absolute atomic E-state index is 0.0831. The van der Waals surface area contributed by atoms with Crippen molar-refractivity contribution in [2.45, 2.75) is 25.3 Å². The van der Waals surface area contributed by atoms with Gasteiger partial charge in [-0.15, -0.1) is 0 Å². The molecule has 1 rings (SSSR count). The molecule has 0 unspecified atom stereocenters. The first kappa shape index (κ1) is 10.1. The second kappa shape index (κ2) is 3.79. The van der Waals surface area contributed by atoms with Gasteiger partial charge in [0.05, 0.1) is 5.70 Å². The van der Waals surface area contributed by atoms with E-state index in [0.29, 0.717) is 0 Å². The third kappa shape index (κ3) is 2.73. The monoisotopic (exact) mass is 183 g/mol. The lowest BCUT2D eigenvalue weighted by Crippen LogP contribution is -2.53. The summed E-state index contributed by atoms with van der Waals surface area (Å²) in [4.78, 5) is 11.3. The summed E-state index contributed by atoms with van der Waals surface area (Å²) < 4.78 is 0. The Labute approximate surface area is 78.6 Å². The third-order valence-corrected chi connectivity index (χ3v) is 2.41. The van der Waals surface area contributed by atoms with E-state index in [2.05, 4.69) is 17.2 Å². The summed E-state index contributed by atoms with van der Waals surface area (Å²) in [6.07, 6.45) is 1.87. The average Bonchev–Trinajstić information content (AvgIpc) is 2.04. The second-order valence-electron chi connectivity index (χ2n) is 3.79. The topological polar surface area (TPSA) is 67.2 Å². The Hall–Kier alpha value is -1.03. The van der Waals surface area contributed by atoms with Gasteiger partial charge in [-0.3, -0.25) is 4.79 Å². The van der Waals surface area contributed by atoms with Crippen LogP contribution < -0.4 is 16.4 Å². The molecule has 4 heteroatoms. The fourth-order valence-electron chi connectivity index (χ4n) is 1.46. The van der Waals surface area contributed by atoms with Crippen LogP contribution in [-0.4, -0.2) is 24.5 Å². The minimum Gasteiger partial charge on any atom is -0.395 e. The first-order chi connectivity index (χ1) is 6.03. The fraction of sp³-hybridized carbons (Fsp3) is 0.667. The van der Waals surface area contributed by atoms with Gasteiger partial charge in [-0.1, -0.05) is 6.58 Å². The Bertz CT molecular complexity index is 219. The highest BCUT2D eigenvalue weighted by Crippen LogP contribution is 2.16. The molecule has 0 bridgehead atoms. The van der Waals surface area contributed by atoms with Gasteiger partial charge in [0.2, 0.25) is 0 Å². The molecular formula is C9H17N3O. The molecule has 0 aromatic carbocycles. The van der Waals surface area contributed by atoms with Crippen LogP contribution in [0.25, 0.3) is 0 Å². The zero-order chi connectivity index (χ0) is 9.90. The Morgan fingerprint density at radius 2 is 2.08 bits per heavy atom. The third-order valence-electron chi connectivity index (χ3n) is 2.41. The van der Waals surface area contributed by atoms with E-state index in [-0.39, 0.29) is 17.1 Å². The van der Waals surface area contributed by atoms with Crippen molar-refractivity contribution in [2.24, 2.45) is 5.73 Å². The lowest BCUT2D eigenvalue weighted by molar-refractivity contribution is -0.119. The standard InChI is InChI=1S/C9H17N3O/c1-7(10)8(13)12-9(2)3-5-11-6-4-9/h11H,1,3-6,10H2,2H3,(H,12,13). The van der Waals surface area contributed by atoms with E-state index in [0.717, 1.165) is 25.9 Å². The SMILES string of the molecule is C=C(N)C(=O)NC1(C)CCNCC1. The normalized spacial score (nSPS) is 20.7. The van der Waals surface area contributed by atoms with Crippen molar-refractivity contribution in [1.82, 2.24) is 10.6 Å². The summed E-state index contributed by atoms with van der Waals surface area (Å²) in [5.74, 6) is -0.246. The van der Waals surface area contributed by atoms with Gasteiger partial charge in [-0.2, -0.15) is 0 Å². The predicted octanol–water partition coefficient (Wildman–Crippen LogP) is -0.283. The van der Waals surface area contributed by atoms with E-state index in [9.17, 15) is 4.79 Å². The highest BCUT2D eigenvalue weighted by molar-refractivity contribution is 5.92. The predicted molar refractivity (Wildman–Crippen MR) is 52.0 cm³/mol. The van der Waals surface area contributed by atoms with Crippen molar-refractivity contribution < 1.29 is 4.79 Å². The van der Waals surface area contributed by atoms with E-state index in [4.69, 9.17) is 5.73 Å². The molecule has 1 aliphatic rings. The zero-order valence-electron chi connectivity index (χ0n) is 8.02. The molecule has 13 heavy (non-hydrogen) atoms. The van der Waals surface area contributed by atoms with E-state index in [1.54, 1.807) is 0 Å². The lowest BCUT2D eigenvalue weighted by atomic mass is 9.90. The summed E-state index contributed by atoms with van der Waals surface area (Å²) in [5, 5.41) is 6.13. The Morgan fingerprint density at radius 1 is 1.54 bits per heavy atom. The van der Waals surface area contributed by atoms with Crippen molar-refractivity contribution in [3.63, 3.8) is 0 Å². The quantitative estimate of drug-likeness (QED) is 0.516. The van der Waals surface area contributed by atoms with E-state index >= 15 is 0 Å². The van der Waals surface area contributed by atoms with Crippen LogP contribution in [0.3, 0.4) is 0 Å². The lowest BCUT2D eigenvalue weighted by Gasteiger charge is -2.34. The summed E-state index contributed by atoms with van der Waals surface area (Å²) >= 11 is 0. The molecule has 74 valence electrons. The molecule has 0 aromatic rings. The molecule has 1 amide bonds. The zero-order valence-corrected chi connectivity index (χ0v) is 8.02. The van der Waals surface area contributed by atoms with Crippen LogP contribution in [0.5, 0.6) is 0 Å². The second-order valence-corrected chi connectivity index (χ2v) is 3.79. The van der Waals surface area contributed by atoms with E-state index in [1.165, 1.54) is 0 Å². The number of amides is 1. The van der Waals surface area contributed by atoms with Gasteiger partial charge in [0, 0.05) is 5.54 Å². The molecule has 1 saturated heterocycles. The van der Waals surface area contributed by atoms with Crippen molar-refractivity contribution in [3.8, 4) is 0 Å². The highest BCUT2D eigenvalue weighted by atomic mass is 16.2. The molecule has 0 spiro atoms. The Kier molecular flexibility index (Phi) is 2.93. The largest absolute Gasteiger partial charge is 0.395 e. The van der Waals surface area contributed by atoms with Crippen molar-refractivity contribution in [1.29, 1.82) is 0 Å². The van der Waals surface area contributed by atoms with Crippen LogP contribution >= 0.6 is 0 Å². The molecule has 0 aliphatic carbocycles. The number of carbonyl (C=O) groups is 1. The van der Waals surface area contributed by atoms with Crippen LogP contribution in [0.1, 0.15) is 19.8 Å². The maximum absolute atomic E-state index is 11.3. The summed E-state index contributed by atoms with van der Waals surface area (Å²) in [7, 11) is 0. The van der Waals surface area contributed by atoms with Crippen molar-refractivity contribution in [2.75, 3.05) is 13.1 Å². The first-order valence-corrected chi connectivity index (χ1v) is 4.51. The van der Waals surface area contributed by atoms with Gasteiger partial charge >= 0.3 is 0 Å². The van der Waals surface area contributed by atoms with Gasteiger partial charge in [0.1, 0.15) is 0 Å².